The van der Waals surface area contributed by atoms with E-state index in [1.807, 2.05) is 53.2 Å². The number of rotatable bonds is 4. The first-order chi connectivity index (χ1) is 12.3. The van der Waals surface area contributed by atoms with E-state index in [1.165, 1.54) is 5.56 Å². The summed E-state index contributed by atoms with van der Waals surface area (Å²) in [4.78, 5) is 0. The molecule has 3 heteroatoms. The van der Waals surface area contributed by atoms with Crippen molar-refractivity contribution in [1.29, 1.82) is 0 Å². The molecule has 1 heterocycles. The molecule has 0 amide bonds. The number of anilines is 2. The Balaban J connectivity index is 1.81. The van der Waals surface area contributed by atoms with Gasteiger partial charge >= 0.3 is 0 Å². The van der Waals surface area contributed by atoms with E-state index in [2.05, 4.69) is 54.7 Å². The molecule has 3 aromatic carbocycles. The monoisotopic (exact) mass is 325 g/mol. The second-order valence-electron chi connectivity index (χ2n) is 5.97. The lowest BCUT2D eigenvalue weighted by atomic mass is 10.1. The van der Waals surface area contributed by atoms with Crippen molar-refractivity contribution in [3.63, 3.8) is 0 Å². The van der Waals surface area contributed by atoms with E-state index in [-0.39, 0.29) is 0 Å². The smallest absolute Gasteiger partial charge is 0.134 e. The summed E-state index contributed by atoms with van der Waals surface area (Å²) in [5.74, 6) is 0.944. The Labute approximate surface area is 147 Å². The first-order valence-corrected chi connectivity index (χ1v) is 8.35. The summed E-state index contributed by atoms with van der Waals surface area (Å²) in [6.07, 6.45) is 0. The van der Waals surface area contributed by atoms with Crippen LogP contribution in [0.4, 0.5) is 11.5 Å². The minimum Gasteiger partial charge on any atom is -0.340 e. The molecule has 122 valence electrons. The zero-order valence-electron chi connectivity index (χ0n) is 14.1. The van der Waals surface area contributed by atoms with Crippen molar-refractivity contribution in [2.45, 2.75) is 6.92 Å². The molecule has 1 aromatic heterocycles. The van der Waals surface area contributed by atoms with Gasteiger partial charge in [0.25, 0.3) is 0 Å². The quantitative estimate of drug-likeness (QED) is 0.530. The van der Waals surface area contributed by atoms with Gasteiger partial charge in [0, 0.05) is 17.3 Å². The van der Waals surface area contributed by atoms with Crippen molar-refractivity contribution >= 4 is 11.5 Å². The van der Waals surface area contributed by atoms with Gasteiger partial charge in [0.15, 0.2) is 0 Å². The fraction of sp³-hybridized carbons (Fsp3) is 0.0455. The van der Waals surface area contributed by atoms with Crippen molar-refractivity contribution in [3.05, 3.63) is 96.6 Å². The van der Waals surface area contributed by atoms with Crippen LogP contribution in [0.2, 0.25) is 0 Å². The van der Waals surface area contributed by atoms with Gasteiger partial charge in [-0.1, -0.05) is 66.7 Å². The van der Waals surface area contributed by atoms with Gasteiger partial charge in [0.1, 0.15) is 5.82 Å². The molecule has 0 unspecified atom stereocenters. The SMILES string of the molecule is Cc1ccccc1Nc1cc(-c2ccccc2)nn1-c1ccccc1. The molecule has 4 aromatic rings. The number of aryl methyl sites for hydroxylation is 1. The van der Waals surface area contributed by atoms with E-state index in [1.54, 1.807) is 0 Å². The Morgan fingerprint density at radius 2 is 1.40 bits per heavy atom. The van der Waals surface area contributed by atoms with Gasteiger partial charge in [0.2, 0.25) is 0 Å². The minimum absolute atomic E-state index is 0.944. The normalized spacial score (nSPS) is 10.6. The van der Waals surface area contributed by atoms with Crippen LogP contribution in [-0.4, -0.2) is 9.78 Å². The molecule has 0 radical (unpaired) electrons. The zero-order chi connectivity index (χ0) is 17.1. The van der Waals surface area contributed by atoms with Crippen LogP contribution in [0.3, 0.4) is 0 Å². The summed E-state index contributed by atoms with van der Waals surface area (Å²) in [7, 11) is 0. The van der Waals surface area contributed by atoms with Gasteiger partial charge in [-0.2, -0.15) is 5.10 Å². The average Bonchev–Trinajstić information content (AvgIpc) is 3.09. The highest BCUT2D eigenvalue weighted by atomic mass is 15.3. The topological polar surface area (TPSA) is 29.9 Å². The van der Waals surface area contributed by atoms with Gasteiger partial charge < -0.3 is 5.32 Å². The second kappa shape index (κ2) is 6.65. The molecular weight excluding hydrogens is 306 g/mol. The van der Waals surface area contributed by atoms with Gasteiger partial charge in [-0.3, -0.25) is 0 Å². The van der Waals surface area contributed by atoms with Crippen LogP contribution in [0.25, 0.3) is 16.9 Å². The van der Waals surface area contributed by atoms with Crippen LogP contribution < -0.4 is 5.32 Å². The van der Waals surface area contributed by atoms with E-state index in [9.17, 15) is 0 Å². The van der Waals surface area contributed by atoms with E-state index in [0.29, 0.717) is 0 Å². The minimum atomic E-state index is 0.944. The number of para-hydroxylation sites is 2. The summed E-state index contributed by atoms with van der Waals surface area (Å²) >= 11 is 0. The number of hydrogen-bond acceptors (Lipinski definition) is 2. The molecule has 0 aliphatic rings. The highest BCUT2D eigenvalue weighted by Crippen LogP contribution is 2.28. The van der Waals surface area contributed by atoms with E-state index >= 15 is 0 Å². The molecule has 3 nitrogen and oxygen atoms in total. The maximum Gasteiger partial charge on any atom is 0.134 e. The maximum absolute atomic E-state index is 4.83. The first kappa shape index (κ1) is 15.2. The van der Waals surface area contributed by atoms with E-state index in [4.69, 9.17) is 5.10 Å². The van der Waals surface area contributed by atoms with Crippen LogP contribution in [0.15, 0.2) is 91.0 Å². The maximum atomic E-state index is 4.83. The highest BCUT2D eigenvalue weighted by molar-refractivity contribution is 5.69. The average molecular weight is 325 g/mol. The van der Waals surface area contributed by atoms with Crippen molar-refractivity contribution in [3.8, 4) is 16.9 Å². The van der Waals surface area contributed by atoms with Gasteiger partial charge in [-0.05, 0) is 30.7 Å². The molecule has 0 bridgehead atoms. The third kappa shape index (κ3) is 3.17. The Morgan fingerprint density at radius 3 is 2.12 bits per heavy atom. The summed E-state index contributed by atoms with van der Waals surface area (Å²) in [6.45, 7) is 2.10. The largest absolute Gasteiger partial charge is 0.340 e. The number of aromatic nitrogens is 2. The Morgan fingerprint density at radius 1 is 0.760 bits per heavy atom. The van der Waals surface area contributed by atoms with E-state index < -0.39 is 0 Å². The molecular formula is C22H19N3. The number of hydrogen-bond donors (Lipinski definition) is 1. The van der Waals surface area contributed by atoms with Crippen LogP contribution in [0.5, 0.6) is 0 Å². The fourth-order valence-electron chi connectivity index (χ4n) is 2.84. The first-order valence-electron chi connectivity index (χ1n) is 8.35. The highest BCUT2D eigenvalue weighted by Gasteiger charge is 2.12. The summed E-state index contributed by atoms with van der Waals surface area (Å²) in [6, 6.07) is 30.8. The van der Waals surface area contributed by atoms with Crippen molar-refractivity contribution in [2.24, 2.45) is 0 Å². The molecule has 0 aliphatic heterocycles. The van der Waals surface area contributed by atoms with Crippen LogP contribution >= 0.6 is 0 Å². The summed E-state index contributed by atoms with van der Waals surface area (Å²) in [5.41, 5.74) is 5.36. The van der Waals surface area contributed by atoms with Gasteiger partial charge in [-0.15, -0.1) is 0 Å². The standard InChI is InChI=1S/C22H19N3/c1-17-10-8-9-15-20(17)23-22-16-21(18-11-4-2-5-12-18)24-25(22)19-13-6-3-7-14-19/h2-16,23H,1H3. The predicted molar refractivity (Wildman–Crippen MR) is 103 cm³/mol. The summed E-state index contributed by atoms with van der Waals surface area (Å²) in [5, 5.41) is 8.36. The number of benzene rings is 3. The zero-order valence-corrected chi connectivity index (χ0v) is 14.1. The van der Waals surface area contributed by atoms with E-state index in [0.717, 1.165) is 28.5 Å². The lowest BCUT2D eigenvalue weighted by molar-refractivity contribution is 0.892. The second-order valence-corrected chi connectivity index (χ2v) is 5.97. The molecule has 0 fully saturated rings. The number of nitrogens with one attached hydrogen (secondary N) is 1. The molecule has 1 N–H and O–H groups in total. The van der Waals surface area contributed by atoms with Crippen LogP contribution in [-0.2, 0) is 0 Å². The third-order valence-electron chi connectivity index (χ3n) is 4.19. The molecule has 0 spiro atoms. The summed E-state index contributed by atoms with van der Waals surface area (Å²) < 4.78 is 1.95. The predicted octanol–water partition coefficient (Wildman–Crippen LogP) is 5.59. The lowest BCUT2D eigenvalue weighted by Crippen LogP contribution is -2.03. The molecule has 0 atom stereocenters. The molecule has 25 heavy (non-hydrogen) atoms. The van der Waals surface area contributed by atoms with Crippen molar-refractivity contribution in [2.75, 3.05) is 5.32 Å². The van der Waals surface area contributed by atoms with Crippen LogP contribution in [0.1, 0.15) is 5.56 Å². The third-order valence-corrected chi connectivity index (χ3v) is 4.19. The Bertz CT molecular complexity index is 973. The molecule has 0 saturated carbocycles. The lowest BCUT2D eigenvalue weighted by Gasteiger charge is -2.11. The Kier molecular flexibility index (Phi) is 4.05. The molecule has 0 aliphatic carbocycles. The van der Waals surface area contributed by atoms with Crippen LogP contribution in [0, 0.1) is 6.92 Å². The van der Waals surface area contributed by atoms with Crippen molar-refractivity contribution in [1.82, 2.24) is 9.78 Å². The van der Waals surface area contributed by atoms with Crippen molar-refractivity contribution < 1.29 is 0 Å². The van der Waals surface area contributed by atoms with Gasteiger partial charge in [0.05, 0.1) is 11.4 Å². The molecule has 0 saturated heterocycles. The fourth-order valence-corrected chi connectivity index (χ4v) is 2.84. The molecule has 4 rings (SSSR count). The number of nitrogens with zero attached hydrogens (tertiary/aromatic N) is 2. The Hall–Kier alpha value is -3.33. The van der Waals surface area contributed by atoms with Gasteiger partial charge in [-0.25, -0.2) is 4.68 Å².